The fraction of sp³-hybridized carbons (Fsp3) is 0.316. The van der Waals surface area contributed by atoms with Gasteiger partial charge in [0.25, 0.3) is 5.91 Å². The number of benzene rings is 2. The predicted octanol–water partition coefficient (Wildman–Crippen LogP) is 5.39. The molecule has 0 radical (unpaired) electrons. The van der Waals surface area contributed by atoms with Crippen LogP contribution in [0.25, 0.3) is 0 Å². The number of alkyl halides is 2. The van der Waals surface area contributed by atoms with Crippen molar-refractivity contribution in [2.75, 3.05) is 11.9 Å². The van der Waals surface area contributed by atoms with Gasteiger partial charge in [0.1, 0.15) is 11.5 Å². The first kappa shape index (κ1) is 20.0. The molecule has 0 aliphatic rings. The first-order chi connectivity index (χ1) is 12.3. The van der Waals surface area contributed by atoms with Crippen molar-refractivity contribution in [1.82, 2.24) is 0 Å². The maximum atomic E-state index is 12.2. The molecule has 0 aliphatic carbocycles. The van der Waals surface area contributed by atoms with Crippen molar-refractivity contribution in [1.29, 1.82) is 0 Å². The van der Waals surface area contributed by atoms with Crippen LogP contribution in [-0.2, 0) is 4.79 Å². The Morgan fingerprint density at radius 1 is 1.19 bits per heavy atom. The quantitative estimate of drug-likeness (QED) is 0.697. The van der Waals surface area contributed by atoms with Crippen LogP contribution in [-0.4, -0.2) is 19.1 Å². The number of rotatable bonds is 7. The summed E-state index contributed by atoms with van der Waals surface area (Å²) in [5.41, 5.74) is 2.68. The van der Waals surface area contributed by atoms with E-state index in [1.54, 1.807) is 0 Å². The minimum absolute atomic E-state index is 0.0242. The third-order valence-corrected chi connectivity index (χ3v) is 3.96. The summed E-state index contributed by atoms with van der Waals surface area (Å²) in [6, 6.07) is 9.70. The van der Waals surface area contributed by atoms with E-state index < -0.39 is 12.5 Å². The van der Waals surface area contributed by atoms with Gasteiger partial charge in [-0.25, -0.2) is 0 Å². The lowest BCUT2D eigenvalue weighted by Crippen LogP contribution is -2.20. The van der Waals surface area contributed by atoms with E-state index in [9.17, 15) is 13.6 Å². The molecule has 0 heterocycles. The molecule has 26 heavy (non-hydrogen) atoms. The van der Waals surface area contributed by atoms with E-state index in [0.717, 1.165) is 5.56 Å². The second kappa shape index (κ2) is 8.85. The van der Waals surface area contributed by atoms with Crippen molar-refractivity contribution in [3.63, 3.8) is 0 Å². The monoisotopic (exact) mass is 383 g/mol. The molecule has 1 N–H and O–H groups in total. The van der Waals surface area contributed by atoms with Crippen molar-refractivity contribution < 1.29 is 23.0 Å². The summed E-state index contributed by atoms with van der Waals surface area (Å²) in [7, 11) is 0. The highest BCUT2D eigenvalue weighted by Gasteiger charge is 2.11. The summed E-state index contributed by atoms with van der Waals surface area (Å²) in [6.07, 6.45) is 0. The minimum Gasteiger partial charge on any atom is -0.484 e. The molecule has 2 aromatic rings. The maximum Gasteiger partial charge on any atom is 0.387 e. The molecule has 0 saturated carbocycles. The Bertz CT molecular complexity index is 781. The topological polar surface area (TPSA) is 47.6 Å². The van der Waals surface area contributed by atoms with E-state index in [1.165, 1.54) is 23.8 Å². The first-order valence-electron chi connectivity index (χ1n) is 8.04. The minimum atomic E-state index is -2.97. The highest BCUT2D eigenvalue weighted by molar-refractivity contribution is 6.32. The van der Waals surface area contributed by atoms with Gasteiger partial charge >= 0.3 is 6.61 Å². The van der Waals surface area contributed by atoms with Gasteiger partial charge in [-0.15, -0.1) is 0 Å². The molecule has 0 fully saturated rings. The fourth-order valence-corrected chi connectivity index (χ4v) is 2.73. The van der Waals surface area contributed by atoms with Gasteiger partial charge in [-0.05, 0) is 54.3 Å². The first-order valence-corrected chi connectivity index (χ1v) is 8.41. The number of hydrogen-bond donors (Lipinski definition) is 1. The predicted molar refractivity (Wildman–Crippen MR) is 97.5 cm³/mol. The van der Waals surface area contributed by atoms with Gasteiger partial charge in [-0.2, -0.15) is 8.78 Å². The zero-order chi connectivity index (χ0) is 19.3. The summed E-state index contributed by atoms with van der Waals surface area (Å²) in [6.45, 7) is 3.06. The highest BCUT2D eigenvalue weighted by Crippen LogP contribution is 2.29. The van der Waals surface area contributed by atoms with Crippen LogP contribution in [0.4, 0.5) is 14.5 Å². The molecular formula is C19H20ClF2NO3. The van der Waals surface area contributed by atoms with E-state index in [-0.39, 0.29) is 17.4 Å². The summed E-state index contributed by atoms with van der Waals surface area (Å²) in [5.74, 6) is 0.459. The molecular weight excluding hydrogens is 364 g/mol. The summed E-state index contributed by atoms with van der Waals surface area (Å²) >= 11 is 5.85. The summed E-state index contributed by atoms with van der Waals surface area (Å²) in [5, 5.41) is 2.56. The van der Waals surface area contributed by atoms with Gasteiger partial charge in [0.2, 0.25) is 0 Å². The fourth-order valence-electron chi connectivity index (χ4n) is 2.50. The molecule has 2 rings (SSSR count). The standard InChI is InChI=1S/C19H20ClF2NO3/c1-11(2)15-6-5-14(8-12(15)3)25-10-18(24)23-13-4-7-17(16(20)9-13)26-19(21)22/h4-9,11,19H,10H2,1-3H3,(H,23,24). The molecule has 0 aliphatic heterocycles. The van der Waals surface area contributed by atoms with Crippen LogP contribution in [0.2, 0.25) is 5.02 Å². The maximum absolute atomic E-state index is 12.2. The second-order valence-electron chi connectivity index (χ2n) is 6.03. The van der Waals surface area contributed by atoms with E-state index in [4.69, 9.17) is 16.3 Å². The Hall–Kier alpha value is -2.34. The smallest absolute Gasteiger partial charge is 0.387 e. The normalized spacial score (nSPS) is 10.9. The average molecular weight is 384 g/mol. The van der Waals surface area contributed by atoms with Crippen LogP contribution in [0, 0.1) is 6.92 Å². The van der Waals surface area contributed by atoms with Gasteiger partial charge in [0.15, 0.2) is 6.61 Å². The van der Waals surface area contributed by atoms with Crippen LogP contribution in [0.3, 0.4) is 0 Å². The Morgan fingerprint density at radius 3 is 2.50 bits per heavy atom. The van der Waals surface area contributed by atoms with Crippen molar-refractivity contribution in [2.24, 2.45) is 0 Å². The average Bonchev–Trinajstić information content (AvgIpc) is 2.55. The molecule has 4 nitrogen and oxygen atoms in total. The number of nitrogens with one attached hydrogen (secondary N) is 1. The number of ether oxygens (including phenoxy) is 2. The molecule has 0 unspecified atom stereocenters. The van der Waals surface area contributed by atoms with E-state index >= 15 is 0 Å². The molecule has 0 spiro atoms. The largest absolute Gasteiger partial charge is 0.484 e. The SMILES string of the molecule is Cc1cc(OCC(=O)Nc2ccc(OC(F)F)c(Cl)c2)ccc1C(C)C. The molecule has 0 atom stereocenters. The van der Waals surface area contributed by atoms with Gasteiger partial charge < -0.3 is 14.8 Å². The molecule has 140 valence electrons. The summed E-state index contributed by atoms with van der Waals surface area (Å²) in [4.78, 5) is 12.0. The van der Waals surface area contributed by atoms with Crippen molar-refractivity contribution in [3.05, 3.63) is 52.5 Å². The number of aryl methyl sites for hydroxylation is 1. The van der Waals surface area contributed by atoms with Crippen LogP contribution >= 0.6 is 11.6 Å². The molecule has 1 amide bonds. The van der Waals surface area contributed by atoms with Gasteiger partial charge in [-0.1, -0.05) is 31.5 Å². The Kier molecular flexibility index (Phi) is 6.80. The molecule has 2 aromatic carbocycles. The van der Waals surface area contributed by atoms with Crippen LogP contribution in [0.5, 0.6) is 11.5 Å². The summed E-state index contributed by atoms with van der Waals surface area (Å²) < 4.78 is 34.1. The van der Waals surface area contributed by atoms with Crippen molar-refractivity contribution in [3.8, 4) is 11.5 Å². The molecule has 7 heteroatoms. The second-order valence-corrected chi connectivity index (χ2v) is 6.44. The lowest BCUT2D eigenvalue weighted by Gasteiger charge is -2.13. The van der Waals surface area contributed by atoms with Gasteiger partial charge in [-0.3, -0.25) is 4.79 Å². The Balaban J connectivity index is 1.93. The van der Waals surface area contributed by atoms with E-state index in [2.05, 4.69) is 23.9 Å². The van der Waals surface area contributed by atoms with Crippen LogP contribution in [0.1, 0.15) is 30.9 Å². The number of anilines is 1. The number of halogens is 3. The third-order valence-electron chi connectivity index (χ3n) is 3.66. The molecule has 0 aromatic heterocycles. The zero-order valence-corrected chi connectivity index (χ0v) is 15.4. The van der Waals surface area contributed by atoms with Gasteiger partial charge in [0.05, 0.1) is 5.02 Å². The highest BCUT2D eigenvalue weighted by atomic mass is 35.5. The molecule has 0 saturated heterocycles. The lowest BCUT2D eigenvalue weighted by molar-refractivity contribution is -0.118. The Labute approximate surface area is 156 Å². The van der Waals surface area contributed by atoms with Crippen LogP contribution in [0.15, 0.2) is 36.4 Å². The van der Waals surface area contributed by atoms with E-state index in [1.807, 2.05) is 25.1 Å². The Morgan fingerprint density at radius 2 is 1.92 bits per heavy atom. The number of carbonyl (C=O) groups excluding carboxylic acids is 1. The van der Waals surface area contributed by atoms with Crippen LogP contribution < -0.4 is 14.8 Å². The van der Waals surface area contributed by atoms with Crippen molar-refractivity contribution >= 4 is 23.2 Å². The lowest BCUT2D eigenvalue weighted by atomic mass is 9.98. The number of carbonyl (C=O) groups is 1. The van der Waals surface area contributed by atoms with Crippen molar-refractivity contribution in [2.45, 2.75) is 33.3 Å². The number of hydrogen-bond acceptors (Lipinski definition) is 3. The van der Waals surface area contributed by atoms with E-state index in [0.29, 0.717) is 17.4 Å². The third kappa shape index (κ3) is 5.59. The number of amides is 1. The van der Waals surface area contributed by atoms with Gasteiger partial charge in [0, 0.05) is 5.69 Å². The molecule has 0 bridgehead atoms. The zero-order valence-electron chi connectivity index (χ0n) is 14.7.